The number of methoxy groups -OCH3 is 2. The zero-order valence-electron chi connectivity index (χ0n) is 11.4. The van der Waals surface area contributed by atoms with Crippen LogP contribution in [0.2, 0.25) is 0 Å². The highest BCUT2D eigenvalue weighted by molar-refractivity contribution is 5.75. The molecule has 0 aromatic heterocycles. The Hall–Kier alpha value is -2.15. The average Bonchev–Trinajstić information content (AvgIpc) is 2.45. The fraction of sp³-hybridized carbons (Fsp3) is 0.400. The summed E-state index contributed by atoms with van der Waals surface area (Å²) < 4.78 is 10.4. The molecule has 0 radical (unpaired) electrons. The van der Waals surface area contributed by atoms with Crippen molar-refractivity contribution in [1.29, 1.82) is 0 Å². The molecule has 19 heavy (non-hydrogen) atoms. The maximum absolute atomic E-state index is 11.6. The lowest BCUT2D eigenvalue weighted by atomic mass is 10.1. The average molecular weight is 261 g/mol. The highest BCUT2D eigenvalue weighted by Gasteiger charge is 2.06. The Morgan fingerprint density at radius 3 is 2.79 bits per heavy atom. The topological polar surface area (TPSA) is 47.6 Å². The van der Waals surface area contributed by atoms with Gasteiger partial charge in [0.25, 0.3) is 0 Å². The molecule has 0 saturated heterocycles. The van der Waals surface area contributed by atoms with E-state index in [1.165, 1.54) is 0 Å². The first kappa shape index (κ1) is 14.9. The summed E-state index contributed by atoms with van der Waals surface area (Å²) in [5.74, 6) is 3.93. The number of benzene rings is 1. The Balaban J connectivity index is 2.53. The number of unbranched alkanes of at least 4 members (excludes halogenated alkanes) is 1. The Kier molecular flexibility index (Phi) is 6.31. The van der Waals surface area contributed by atoms with E-state index in [-0.39, 0.29) is 5.91 Å². The van der Waals surface area contributed by atoms with Crippen molar-refractivity contribution in [1.82, 2.24) is 5.32 Å². The van der Waals surface area contributed by atoms with Crippen LogP contribution in [0.3, 0.4) is 0 Å². The van der Waals surface area contributed by atoms with E-state index in [1.807, 2.05) is 12.1 Å². The minimum Gasteiger partial charge on any atom is -0.497 e. The molecule has 0 atom stereocenters. The number of hydrogen-bond acceptors (Lipinski definition) is 3. The van der Waals surface area contributed by atoms with Gasteiger partial charge in [-0.2, -0.15) is 0 Å². The largest absolute Gasteiger partial charge is 0.497 e. The minimum atomic E-state index is -0.00637. The summed E-state index contributed by atoms with van der Waals surface area (Å²) in [6, 6.07) is 5.50. The Labute approximate surface area is 114 Å². The van der Waals surface area contributed by atoms with Crippen LogP contribution in [0.5, 0.6) is 11.5 Å². The Bertz CT molecular complexity index is 463. The van der Waals surface area contributed by atoms with E-state index in [9.17, 15) is 4.79 Å². The number of amides is 1. The molecular formula is C15H19NO3. The van der Waals surface area contributed by atoms with Crippen molar-refractivity contribution in [2.45, 2.75) is 25.8 Å². The van der Waals surface area contributed by atoms with Gasteiger partial charge in [0.05, 0.1) is 14.2 Å². The molecule has 1 amide bonds. The summed E-state index contributed by atoms with van der Waals surface area (Å²) in [6.45, 7) is 0.433. The van der Waals surface area contributed by atoms with Gasteiger partial charge in [0.2, 0.25) is 5.91 Å². The van der Waals surface area contributed by atoms with E-state index in [0.29, 0.717) is 31.6 Å². The van der Waals surface area contributed by atoms with Gasteiger partial charge in [-0.05, 0) is 18.6 Å². The van der Waals surface area contributed by atoms with Crippen molar-refractivity contribution in [2.75, 3.05) is 14.2 Å². The zero-order chi connectivity index (χ0) is 14.1. The molecule has 0 aliphatic carbocycles. The molecule has 4 heteroatoms. The van der Waals surface area contributed by atoms with Crippen LogP contribution in [0.25, 0.3) is 0 Å². The molecule has 0 spiro atoms. The molecule has 0 saturated carbocycles. The molecule has 1 aromatic carbocycles. The fourth-order valence-corrected chi connectivity index (χ4v) is 1.63. The SMILES string of the molecule is C#CCCCC(=O)NCc1ccc(OC)cc1OC. The summed E-state index contributed by atoms with van der Waals surface area (Å²) >= 11 is 0. The monoisotopic (exact) mass is 261 g/mol. The van der Waals surface area contributed by atoms with Crippen LogP contribution in [-0.2, 0) is 11.3 Å². The lowest BCUT2D eigenvalue weighted by Crippen LogP contribution is -2.22. The summed E-state index contributed by atoms with van der Waals surface area (Å²) in [5, 5.41) is 2.84. The van der Waals surface area contributed by atoms with E-state index < -0.39 is 0 Å². The number of rotatable bonds is 7. The smallest absolute Gasteiger partial charge is 0.220 e. The quantitative estimate of drug-likeness (QED) is 0.604. The van der Waals surface area contributed by atoms with Crippen molar-refractivity contribution in [3.63, 3.8) is 0 Å². The van der Waals surface area contributed by atoms with Crippen molar-refractivity contribution >= 4 is 5.91 Å². The maximum Gasteiger partial charge on any atom is 0.220 e. The van der Waals surface area contributed by atoms with E-state index in [4.69, 9.17) is 15.9 Å². The first-order valence-electron chi connectivity index (χ1n) is 6.12. The van der Waals surface area contributed by atoms with Gasteiger partial charge in [-0.3, -0.25) is 4.79 Å². The molecule has 0 bridgehead atoms. The third-order valence-corrected chi connectivity index (χ3v) is 2.70. The summed E-state index contributed by atoms with van der Waals surface area (Å²) in [6.07, 6.45) is 6.92. The summed E-state index contributed by atoms with van der Waals surface area (Å²) in [5.41, 5.74) is 0.911. The highest BCUT2D eigenvalue weighted by atomic mass is 16.5. The maximum atomic E-state index is 11.6. The normalized spacial score (nSPS) is 9.53. The van der Waals surface area contributed by atoms with Gasteiger partial charge < -0.3 is 14.8 Å². The number of ether oxygens (including phenoxy) is 2. The third kappa shape index (κ3) is 4.92. The Morgan fingerprint density at radius 1 is 1.37 bits per heavy atom. The molecule has 0 aliphatic heterocycles. The number of carbonyl (C=O) groups is 1. The van der Waals surface area contributed by atoms with Gasteiger partial charge in [0.15, 0.2) is 0 Å². The van der Waals surface area contributed by atoms with E-state index >= 15 is 0 Å². The predicted octanol–water partition coefficient (Wildman–Crippen LogP) is 2.12. The molecule has 1 rings (SSSR count). The standard InChI is InChI=1S/C15H19NO3/c1-4-5-6-7-15(17)16-11-12-8-9-13(18-2)10-14(12)19-3/h1,8-10H,5-7,11H2,2-3H3,(H,16,17). The molecule has 0 heterocycles. The third-order valence-electron chi connectivity index (χ3n) is 2.70. The van der Waals surface area contributed by atoms with Crippen molar-refractivity contribution < 1.29 is 14.3 Å². The fourth-order valence-electron chi connectivity index (χ4n) is 1.63. The van der Waals surface area contributed by atoms with E-state index in [2.05, 4.69) is 11.2 Å². The molecule has 102 valence electrons. The number of carbonyl (C=O) groups excluding carboxylic acids is 1. The van der Waals surface area contributed by atoms with Gasteiger partial charge in [-0.15, -0.1) is 12.3 Å². The minimum absolute atomic E-state index is 0.00637. The van der Waals surface area contributed by atoms with Gasteiger partial charge in [-0.1, -0.05) is 0 Å². The lowest BCUT2D eigenvalue weighted by Gasteiger charge is -2.11. The van der Waals surface area contributed by atoms with Crippen LogP contribution in [-0.4, -0.2) is 20.1 Å². The molecule has 0 aliphatic rings. The number of hydrogen-bond donors (Lipinski definition) is 1. The lowest BCUT2D eigenvalue weighted by molar-refractivity contribution is -0.121. The second-order valence-electron chi connectivity index (χ2n) is 4.01. The van der Waals surface area contributed by atoms with Gasteiger partial charge in [-0.25, -0.2) is 0 Å². The van der Waals surface area contributed by atoms with Gasteiger partial charge in [0.1, 0.15) is 11.5 Å². The first-order chi connectivity index (χ1) is 9.21. The summed E-state index contributed by atoms with van der Waals surface area (Å²) in [4.78, 5) is 11.6. The Morgan fingerprint density at radius 2 is 2.16 bits per heavy atom. The molecule has 0 fully saturated rings. The van der Waals surface area contributed by atoms with Crippen molar-refractivity contribution in [3.8, 4) is 23.8 Å². The van der Waals surface area contributed by atoms with E-state index in [1.54, 1.807) is 20.3 Å². The second kappa shape index (κ2) is 8.04. The summed E-state index contributed by atoms with van der Waals surface area (Å²) in [7, 11) is 3.19. The molecule has 4 nitrogen and oxygen atoms in total. The van der Waals surface area contributed by atoms with Gasteiger partial charge >= 0.3 is 0 Å². The van der Waals surface area contributed by atoms with Crippen LogP contribution >= 0.6 is 0 Å². The predicted molar refractivity (Wildman–Crippen MR) is 74.1 cm³/mol. The van der Waals surface area contributed by atoms with Crippen LogP contribution < -0.4 is 14.8 Å². The zero-order valence-corrected chi connectivity index (χ0v) is 11.4. The van der Waals surface area contributed by atoms with Crippen molar-refractivity contribution in [2.24, 2.45) is 0 Å². The van der Waals surface area contributed by atoms with Crippen molar-refractivity contribution in [3.05, 3.63) is 23.8 Å². The second-order valence-corrected chi connectivity index (χ2v) is 4.01. The van der Waals surface area contributed by atoms with Gasteiger partial charge in [0, 0.05) is 31.0 Å². The van der Waals surface area contributed by atoms with Crippen LogP contribution in [0.15, 0.2) is 18.2 Å². The number of nitrogens with one attached hydrogen (secondary N) is 1. The first-order valence-corrected chi connectivity index (χ1v) is 6.12. The van der Waals surface area contributed by atoms with E-state index in [0.717, 1.165) is 11.3 Å². The molecular weight excluding hydrogens is 242 g/mol. The number of terminal acetylenes is 1. The van der Waals surface area contributed by atoms with Crippen LogP contribution in [0, 0.1) is 12.3 Å². The highest BCUT2D eigenvalue weighted by Crippen LogP contribution is 2.24. The van der Waals surface area contributed by atoms with Crippen LogP contribution in [0.1, 0.15) is 24.8 Å². The molecule has 0 unspecified atom stereocenters. The molecule has 1 N–H and O–H groups in total. The van der Waals surface area contributed by atoms with Crippen LogP contribution in [0.4, 0.5) is 0 Å². The molecule has 1 aromatic rings.